The average molecular weight is 269 g/mol. The fourth-order valence-corrected chi connectivity index (χ4v) is 4.00. The number of hydrogen-bond acceptors (Lipinski definition) is 2. The summed E-state index contributed by atoms with van der Waals surface area (Å²) in [5, 5.41) is 5.21. The molecule has 106 valence electrons. The fraction of sp³-hybridized carbons (Fsp3) is 0.529. The van der Waals surface area contributed by atoms with Gasteiger partial charge in [-0.05, 0) is 43.5 Å². The van der Waals surface area contributed by atoms with Crippen molar-refractivity contribution in [1.29, 1.82) is 0 Å². The van der Waals surface area contributed by atoms with Crippen LogP contribution in [-0.4, -0.2) is 35.1 Å². The molecule has 0 aliphatic carbocycles. The Hall–Kier alpha value is -1.32. The van der Waals surface area contributed by atoms with Crippen molar-refractivity contribution in [2.24, 2.45) is 13.0 Å². The van der Waals surface area contributed by atoms with Crippen LogP contribution < -0.4 is 5.32 Å². The van der Waals surface area contributed by atoms with E-state index in [1.165, 1.54) is 48.9 Å². The molecule has 2 aromatic rings. The van der Waals surface area contributed by atoms with Gasteiger partial charge in [-0.15, -0.1) is 0 Å². The summed E-state index contributed by atoms with van der Waals surface area (Å²) < 4.78 is 2.24. The van der Waals surface area contributed by atoms with Crippen molar-refractivity contribution < 1.29 is 0 Å². The number of hydrogen-bond donors (Lipinski definition) is 1. The zero-order chi connectivity index (χ0) is 13.5. The summed E-state index contributed by atoms with van der Waals surface area (Å²) in [5.41, 5.74) is 2.76. The molecule has 0 spiro atoms. The molecule has 20 heavy (non-hydrogen) atoms. The van der Waals surface area contributed by atoms with E-state index in [9.17, 15) is 0 Å². The van der Waals surface area contributed by atoms with Crippen molar-refractivity contribution in [3.63, 3.8) is 0 Å². The fourth-order valence-electron chi connectivity index (χ4n) is 4.00. The first-order chi connectivity index (χ1) is 9.81. The van der Waals surface area contributed by atoms with Crippen LogP contribution in [0.4, 0.5) is 0 Å². The number of benzene rings is 1. The van der Waals surface area contributed by atoms with Gasteiger partial charge in [-0.25, -0.2) is 0 Å². The molecule has 3 heteroatoms. The molecule has 1 N–H and O–H groups in total. The van der Waals surface area contributed by atoms with Crippen molar-refractivity contribution in [3.05, 3.63) is 36.0 Å². The van der Waals surface area contributed by atoms with Gasteiger partial charge in [0.25, 0.3) is 0 Å². The zero-order valence-electron chi connectivity index (χ0n) is 12.2. The molecule has 3 fully saturated rings. The highest BCUT2D eigenvalue weighted by molar-refractivity contribution is 5.83. The van der Waals surface area contributed by atoms with Gasteiger partial charge in [-0.2, -0.15) is 0 Å². The molecule has 3 saturated heterocycles. The van der Waals surface area contributed by atoms with Gasteiger partial charge < -0.3 is 14.8 Å². The van der Waals surface area contributed by atoms with Gasteiger partial charge in [-0.3, -0.25) is 0 Å². The number of para-hydroxylation sites is 1. The smallest absolute Gasteiger partial charge is 0.0481 e. The molecule has 1 unspecified atom stereocenters. The van der Waals surface area contributed by atoms with Gasteiger partial charge in [-0.1, -0.05) is 18.2 Å². The second kappa shape index (κ2) is 4.90. The number of fused-ring (bicyclic) bond motifs is 4. The quantitative estimate of drug-likeness (QED) is 0.923. The SMILES string of the molecule is Cn1cc(CNC2CN3CCC2CC3)c2ccccc21. The van der Waals surface area contributed by atoms with Gasteiger partial charge in [0.1, 0.15) is 0 Å². The van der Waals surface area contributed by atoms with Crippen LogP contribution in [0.5, 0.6) is 0 Å². The Balaban J connectivity index is 1.51. The second-order valence-electron chi connectivity index (χ2n) is 6.41. The minimum atomic E-state index is 0.691. The van der Waals surface area contributed by atoms with E-state index >= 15 is 0 Å². The van der Waals surface area contributed by atoms with Crippen molar-refractivity contribution in [3.8, 4) is 0 Å². The van der Waals surface area contributed by atoms with Gasteiger partial charge in [0, 0.05) is 43.3 Å². The maximum Gasteiger partial charge on any atom is 0.0481 e. The van der Waals surface area contributed by atoms with E-state index in [-0.39, 0.29) is 0 Å². The Kier molecular flexibility index (Phi) is 3.04. The van der Waals surface area contributed by atoms with Crippen LogP contribution in [-0.2, 0) is 13.6 Å². The lowest BCUT2D eigenvalue weighted by Crippen LogP contribution is -2.55. The van der Waals surface area contributed by atoms with E-state index < -0.39 is 0 Å². The van der Waals surface area contributed by atoms with E-state index in [1.54, 1.807) is 0 Å². The molecule has 0 saturated carbocycles. The first kappa shape index (κ1) is 12.4. The van der Waals surface area contributed by atoms with Crippen LogP contribution in [0.15, 0.2) is 30.5 Å². The summed E-state index contributed by atoms with van der Waals surface area (Å²) in [6.07, 6.45) is 5.04. The molecular weight excluding hydrogens is 246 g/mol. The summed E-state index contributed by atoms with van der Waals surface area (Å²) in [5.74, 6) is 0.898. The molecule has 3 nitrogen and oxygen atoms in total. The lowest BCUT2D eigenvalue weighted by atomic mass is 9.84. The molecule has 0 radical (unpaired) electrons. The minimum Gasteiger partial charge on any atom is -0.350 e. The molecule has 5 rings (SSSR count). The number of aromatic nitrogens is 1. The summed E-state index contributed by atoms with van der Waals surface area (Å²) in [4.78, 5) is 2.61. The van der Waals surface area contributed by atoms with Crippen LogP contribution >= 0.6 is 0 Å². The molecule has 1 aromatic heterocycles. The van der Waals surface area contributed by atoms with E-state index in [0.717, 1.165) is 12.5 Å². The highest BCUT2D eigenvalue weighted by Gasteiger charge is 2.33. The molecule has 1 atom stereocenters. The van der Waals surface area contributed by atoms with Crippen molar-refractivity contribution in [1.82, 2.24) is 14.8 Å². The highest BCUT2D eigenvalue weighted by atomic mass is 15.2. The number of rotatable bonds is 3. The predicted octanol–water partition coefficient (Wildman–Crippen LogP) is 2.36. The summed E-state index contributed by atoms with van der Waals surface area (Å²) in [6.45, 7) is 4.88. The Morgan fingerprint density at radius 3 is 2.75 bits per heavy atom. The van der Waals surface area contributed by atoms with Crippen LogP contribution in [0.25, 0.3) is 10.9 Å². The summed E-state index contributed by atoms with van der Waals surface area (Å²) in [7, 11) is 2.14. The highest BCUT2D eigenvalue weighted by Crippen LogP contribution is 2.28. The second-order valence-corrected chi connectivity index (χ2v) is 6.41. The van der Waals surface area contributed by atoms with E-state index in [0.29, 0.717) is 6.04 Å². The van der Waals surface area contributed by atoms with Gasteiger partial charge in [0.15, 0.2) is 0 Å². The Morgan fingerprint density at radius 1 is 1.20 bits per heavy atom. The number of piperidine rings is 3. The molecule has 2 bridgehead atoms. The Bertz CT molecular complexity index is 608. The predicted molar refractivity (Wildman–Crippen MR) is 82.7 cm³/mol. The topological polar surface area (TPSA) is 20.2 Å². The first-order valence-electron chi connectivity index (χ1n) is 7.80. The number of nitrogens with zero attached hydrogens (tertiary/aromatic N) is 2. The maximum atomic E-state index is 3.82. The van der Waals surface area contributed by atoms with Gasteiger partial charge >= 0.3 is 0 Å². The lowest BCUT2D eigenvalue weighted by Gasteiger charge is -2.45. The maximum absolute atomic E-state index is 3.82. The largest absolute Gasteiger partial charge is 0.350 e. The molecule has 3 aliphatic heterocycles. The average Bonchev–Trinajstić information content (AvgIpc) is 2.83. The van der Waals surface area contributed by atoms with E-state index in [1.807, 2.05) is 0 Å². The van der Waals surface area contributed by atoms with Crippen LogP contribution in [0.2, 0.25) is 0 Å². The van der Waals surface area contributed by atoms with Crippen molar-refractivity contribution in [2.75, 3.05) is 19.6 Å². The molecule has 4 heterocycles. The number of nitrogens with one attached hydrogen (secondary N) is 1. The van der Waals surface area contributed by atoms with Gasteiger partial charge in [0.05, 0.1) is 0 Å². The zero-order valence-corrected chi connectivity index (χ0v) is 12.2. The first-order valence-corrected chi connectivity index (χ1v) is 7.80. The number of aryl methyl sites for hydroxylation is 1. The molecular formula is C17H23N3. The minimum absolute atomic E-state index is 0.691. The summed E-state index contributed by atoms with van der Waals surface area (Å²) in [6, 6.07) is 9.39. The lowest BCUT2D eigenvalue weighted by molar-refractivity contribution is 0.0720. The third-order valence-electron chi connectivity index (χ3n) is 5.19. The van der Waals surface area contributed by atoms with E-state index in [2.05, 4.69) is 52.3 Å². The van der Waals surface area contributed by atoms with Crippen LogP contribution in [0, 0.1) is 5.92 Å². The standard InChI is InChI=1S/C17H23N3/c1-19-11-14(15-4-2-3-5-17(15)19)10-18-16-12-20-8-6-13(16)7-9-20/h2-5,11,13,16,18H,6-10,12H2,1H3. The van der Waals surface area contributed by atoms with Crippen molar-refractivity contribution >= 4 is 10.9 Å². The van der Waals surface area contributed by atoms with Crippen LogP contribution in [0.3, 0.4) is 0 Å². The normalized spacial score (nSPS) is 29.1. The Labute approximate surface area is 120 Å². The molecule has 1 aromatic carbocycles. The summed E-state index contributed by atoms with van der Waals surface area (Å²) >= 11 is 0. The third-order valence-corrected chi connectivity index (χ3v) is 5.19. The van der Waals surface area contributed by atoms with Crippen LogP contribution in [0.1, 0.15) is 18.4 Å². The Morgan fingerprint density at radius 2 is 2.00 bits per heavy atom. The molecule has 0 amide bonds. The third kappa shape index (κ3) is 2.05. The van der Waals surface area contributed by atoms with Gasteiger partial charge in [0.2, 0.25) is 0 Å². The monoisotopic (exact) mass is 269 g/mol. The van der Waals surface area contributed by atoms with Crippen molar-refractivity contribution in [2.45, 2.75) is 25.4 Å². The molecule has 3 aliphatic rings. The van der Waals surface area contributed by atoms with E-state index in [4.69, 9.17) is 0 Å².